The Bertz CT molecular complexity index is 3850. The molecule has 8 heteroatoms. The quantitative estimate of drug-likeness (QED) is 0.166. The topological polar surface area (TPSA) is 87.5 Å². The van der Waals surface area contributed by atoms with Crippen molar-refractivity contribution in [1.82, 2.24) is 34.1 Å². The van der Waals surface area contributed by atoms with E-state index in [1.54, 1.807) is 0 Å². The van der Waals surface area contributed by atoms with Crippen molar-refractivity contribution in [2.75, 3.05) is 0 Å². The van der Waals surface area contributed by atoms with Crippen molar-refractivity contribution in [2.45, 2.75) is 0 Å². The van der Waals surface area contributed by atoms with Crippen LogP contribution in [0.15, 0.2) is 205 Å². The molecule has 0 spiro atoms. The van der Waals surface area contributed by atoms with Gasteiger partial charge < -0.3 is 8.98 Å². The molecule has 0 atom stereocenters. The molecule has 0 aliphatic carbocycles. The fraction of sp³-hybridized carbons (Fsp3) is 0. The van der Waals surface area contributed by atoms with E-state index in [2.05, 4.69) is 117 Å². The van der Waals surface area contributed by atoms with Crippen LogP contribution in [-0.2, 0) is 0 Å². The van der Waals surface area contributed by atoms with E-state index in [-0.39, 0.29) is 0 Å². The highest BCUT2D eigenvalue weighted by molar-refractivity contribution is 6.16. The maximum absolute atomic E-state index is 6.54. The zero-order chi connectivity index (χ0) is 41.4. The predicted molar refractivity (Wildman–Crippen MR) is 253 cm³/mol. The molecule has 6 aromatic heterocycles. The number of nitrogens with zero attached hydrogens (tertiary/aromatic N) is 7. The van der Waals surface area contributed by atoms with Gasteiger partial charge in [0.25, 0.3) is 0 Å². The maximum Gasteiger partial charge on any atom is 0.238 e. The molecule has 0 amide bonds. The minimum absolute atomic E-state index is 0.541. The Balaban J connectivity index is 0.962. The van der Waals surface area contributed by atoms with Gasteiger partial charge in [0.2, 0.25) is 5.95 Å². The summed E-state index contributed by atoms with van der Waals surface area (Å²) < 4.78 is 11.0. The first-order valence-electron chi connectivity index (χ1n) is 20.9. The molecule has 13 rings (SSSR count). The summed E-state index contributed by atoms with van der Waals surface area (Å²) in [4.78, 5) is 24.6. The van der Waals surface area contributed by atoms with Gasteiger partial charge in [-0.2, -0.15) is 9.97 Å². The molecule has 0 aliphatic heterocycles. The lowest BCUT2D eigenvalue weighted by Gasteiger charge is -2.11. The van der Waals surface area contributed by atoms with Crippen LogP contribution in [0.5, 0.6) is 0 Å². The molecule has 0 radical (unpaired) electrons. The van der Waals surface area contributed by atoms with Crippen molar-refractivity contribution < 1.29 is 4.42 Å². The van der Waals surface area contributed by atoms with Crippen LogP contribution in [0.3, 0.4) is 0 Å². The zero-order valence-electron chi connectivity index (χ0n) is 33.6. The molecule has 294 valence electrons. The molecular formula is C55H33N7O. The van der Waals surface area contributed by atoms with Crippen molar-refractivity contribution >= 4 is 65.7 Å². The Morgan fingerprint density at radius 2 is 1.05 bits per heavy atom. The van der Waals surface area contributed by atoms with Crippen molar-refractivity contribution in [3.05, 3.63) is 201 Å². The highest BCUT2D eigenvalue weighted by atomic mass is 16.3. The summed E-state index contributed by atoms with van der Waals surface area (Å²) in [5.41, 5.74) is 14.1. The standard InChI is InChI=1S/C55H33N7O/c1-4-12-34(13-5-1)53-58-54(35-14-6-2-7-15-35)60-55(59-53)62-45-24-21-36(30-41(45)44-33-56-29-27-47(44)62)37-23-26-49-43(31-37)51-40(18-10-20-50(51)63-49)38-22-25-46-42(32-38)52-48(19-11-28-57-52)61(46)39-16-8-3-9-17-39/h1-33H. The van der Waals surface area contributed by atoms with Crippen LogP contribution in [0.4, 0.5) is 0 Å². The highest BCUT2D eigenvalue weighted by Crippen LogP contribution is 2.42. The molecule has 0 fully saturated rings. The van der Waals surface area contributed by atoms with Gasteiger partial charge in [-0.3, -0.25) is 14.5 Å². The van der Waals surface area contributed by atoms with Crippen LogP contribution < -0.4 is 0 Å². The molecule has 63 heavy (non-hydrogen) atoms. The summed E-state index contributed by atoms with van der Waals surface area (Å²) in [5, 5.41) is 5.29. The summed E-state index contributed by atoms with van der Waals surface area (Å²) in [6.07, 6.45) is 5.62. The Morgan fingerprint density at radius 3 is 1.81 bits per heavy atom. The number of hydrogen-bond acceptors (Lipinski definition) is 6. The second-order valence-electron chi connectivity index (χ2n) is 15.7. The Labute approximate surface area is 360 Å². The number of hydrogen-bond donors (Lipinski definition) is 0. The number of fused-ring (bicyclic) bond motifs is 9. The maximum atomic E-state index is 6.54. The first-order valence-corrected chi connectivity index (χ1v) is 20.9. The number of benzene rings is 7. The van der Waals surface area contributed by atoms with Gasteiger partial charge in [0.15, 0.2) is 11.6 Å². The van der Waals surface area contributed by atoms with E-state index in [0.29, 0.717) is 17.6 Å². The monoisotopic (exact) mass is 807 g/mol. The second-order valence-corrected chi connectivity index (χ2v) is 15.7. The molecule has 7 aromatic carbocycles. The summed E-state index contributed by atoms with van der Waals surface area (Å²) in [7, 11) is 0. The third-order valence-electron chi connectivity index (χ3n) is 12.1. The molecular weight excluding hydrogens is 775 g/mol. The molecule has 0 unspecified atom stereocenters. The summed E-state index contributed by atoms with van der Waals surface area (Å²) in [6, 6.07) is 62.9. The van der Waals surface area contributed by atoms with Crippen molar-refractivity contribution in [3.8, 4) is 56.7 Å². The van der Waals surface area contributed by atoms with Crippen LogP contribution in [0, 0.1) is 0 Å². The fourth-order valence-corrected chi connectivity index (χ4v) is 9.26. The largest absolute Gasteiger partial charge is 0.456 e. The lowest BCUT2D eigenvalue weighted by molar-refractivity contribution is 0.669. The Kier molecular flexibility index (Phi) is 7.74. The van der Waals surface area contributed by atoms with Crippen LogP contribution in [-0.4, -0.2) is 34.1 Å². The number of rotatable bonds is 6. The number of pyridine rings is 2. The van der Waals surface area contributed by atoms with Crippen molar-refractivity contribution in [2.24, 2.45) is 0 Å². The van der Waals surface area contributed by atoms with E-state index < -0.39 is 0 Å². The van der Waals surface area contributed by atoms with Gasteiger partial charge in [-0.05, 0) is 95.1 Å². The molecule has 6 heterocycles. The van der Waals surface area contributed by atoms with Gasteiger partial charge >= 0.3 is 0 Å². The first-order chi connectivity index (χ1) is 31.2. The smallest absolute Gasteiger partial charge is 0.238 e. The van der Waals surface area contributed by atoms with Crippen LogP contribution in [0.1, 0.15) is 0 Å². The van der Waals surface area contributed by atoms with Crippen LogP contribution in [0.25, 0.3) is 122 Å². The SMILES string of the molecule is c1ccc(-c2nc(-c3ccccc3)nc(-n3c4ccncc4c4cc(-c5ccc6oc7cccc(-c8ccc9c(c8)c8ncccc8n9-c8ccccc8)c7c6c5)ccc43)n2)cc1. The minimum Gasteiger partial charge on any atom is -0.456 e. The van der Waals surface area contributed by atoms with Gasteiger partial charge in [-0.25, -0.2) is 4.98 Å². The molecule has 0 N–H and O–H groups in total. The van der Waals surface area contributed by atoms with Gasteiger partial charge in [0, 0.05) is 62.3 Å². The molecule has 0 aliphatic rings. The molecule has 0 saturated heterocycles. The van der Waals surface area contributed by atoms with Gasteiger partial charge in [0.05, 0.1) is 27.6 Å². The normalized spacial score (nSPS) is 11.8. The molecule has 13 aromatic rings. The molecule has 0 bridgehead atoms. The number of furan rings is 1. The summed E-state index contributed by atoms with van der Waals surface area (Å²) in [5.74, 6) is 1.76. The van der Waals surface area contributed by atoms with E-state index in [1.807, 2.05) is 97.5 Å². The minimum atomic E-state index is 0.541. The average molecular weight is 808 g/mol. The average Bonchev–Trinajstić information content (AvgIpc) is 4.02. The van der Waals surface area contributed by atoms with E-state index >= 15 is 0 Å². The lowest BCUT2D eigenvalue weighted by Crippen LogP contribution is -2.06. The van der Waals surface area contributed by atoms with Crippen molar-refractivity contribution in [3.63, 3.8) is 0 Å². The molecule has 0 saturated carbocycles. The Hall–Kier alpha value is -8.75. The van der Waals surface area contributed by atoms with Gasteiger partial charge in [-0.1, -0.05) is 109 Å². The summed E-state index contributed by atoms with van der Waals surface area (Å²) >= 11 is 0. The second kappa shape index (κ2) is 13.9. The third kappa shape index (κ3) is 5.58. The molecule has 8 nitrogen and oxygen atoms in total. The lowest BCUT2D eigenvalue weighted by atomic mass is 9.96. The third-order valence-corrected chi connectivity index (χ3v) is 12.1. The number of para-hydroxylation sites is 1. The number of aromatic nitrogens is 7. The van der Waals surface area contributed by atoms with Crippen LogP contribution in [0.2, 0.25) is 0 Å². The first kappa shape index (κ1) is 35.0. The van der Waals surface area contributed by atoms with Gasteiger partial charge in [-0.15, -0.1) is 0 Å². The van der Waals surface area contributed by atoms with E-state index in [9.17, 15) is 0 Å². The van der Waals surface area contributed by atoms with E-state index in [0.717, 1.165) is 105 Å². The van der Waals surface area contributed by atoms with Gasteiger partial charge in [0.1, 0.15) is 11.2 Å². The van der Waals surface area contributed by atoms with E-state index in [1.165, 1.54) is 0 Å². The van der Waals surface area contributed by atoms with Crippen LogP contribution >= 0.6 is 0 Å². The fourth-order valence-electron chi connectivity index (χ4n) is 9.26. The van der Waals surface area contributed by atoms with E-state index in [4.69, 9.17) is 24.4 Å². The Morgan fingerprint density at radius 1 is 0.397 bits per heavy atom. The summed E-state index contributed by atoms with van der Waals surface area (Å²) in [6.45, 7) is 0. The zero-order valence-corrected chi connectivity index (χ0v) is 33.6. The highest BCUT2D eigenvalue weighted by Gasteiger charge is 2.21. The van der Waals surface area contributed by atoms with Crippen molar-refractivity contribution in [1.29, 1.82) is 0 Å². The predicted octanol–water partition coefficient (Wildman–Crippen LogP) is 13.4.